The van der Waals surface area contributed by atoms with Gasteiger partial charge in [0.2, 0.25) is 0 Å². The molecular weight excluding hydrogens is 376 g/mol. The predicted molar refractivity (Wildman–Crippen MR) is 90.5 cm³/mol. The summed E-state index contributed by atoms with van der Waals surface area (Å²) in [5, 5.41) is 9.52. The first-order valence-corrected chi connectivity index (χ1v) is 9.25. The maximum atomic E-state index is 13.0. The topological polar surface area (TPSA) is 72.8 Å². The van der Waals surface area contributed by atoms with Crippen molar-refractivity contribution < 1.29 is 28.6 Å². The molecule has 5 nitrogen and oxygen atoms in total. The van der Waals surface area contributed by atoms with Gasteiger partial charge < -0.3 is 0 Å². The summed E-state index contributed by atoms with van der Waals surface area (Å²) in [7, 11) is 2.87. The van der Waals surface area contributed by atoms with Crippen molar-refractivity contribution in [3.63, 3.8) is 0 Å². The van der Waals surface area contributed by atoms with Gasteiger partial charge in [0.05, 0.1) is 0 Å². The number of Topliss-reactive ketones (excluding diaryl/α,β-unsaturated/α-hetero) is 1. The van der Waals surface area contributed by atoms with Crippen LogP contribution < -0.4 is 13.9 Å². The molecule has 0 aliphatic rings. The van der Waals surface area contributed by atoms with E-state index in [1.54, 1.807) is 6.07 Å². The average Bonchev–Trinajstić information content (AvgIpc) is 2.55. The monoisotopic (exact) mass is 394 g/mol. The van der Waals surface area contributed by atoms with Crippen molar-refractivity contribution in [3.05, 3.63) is 52.8 Å². The number of carbonyl (C=O) groups is 2. The third-order valence-corrected chi connectivity index (χ3v) is 5.71. The number of hydrogen-bond acceptors (Lipinski definition) is 4. The maximum absolute atomic E-state index is 13.0. The SMILES string of the molecule is COc1cc(CC(=O)c2ccc(F)cc2)c(C(=O)O)c(OC)[c]1[GeH3]. The molecule has 0 aliphatic carbocycles. The van der Waals surface area contributed by atoms with E-state index >= 15 is 0 Å². The second-order valence-corrected chi connectivity index (χ2v) is 7.28. The van der Waals surface area contributed by atoms with Crippen LogP contribution in [0.3, 0.4) is 0 Å². The molecule has 2 aromatic carbocycles. The van der Waals surface area contributed by atoms with Crippen molar-refractivity contribution in [1.29, 1.82) is 0 Å². The average molecular weight is 393 g/mol. The molecule has 0 fully saturated rings. The molecule has 0 radical (unpaired) electrons. The van der Waals surface area contributed by atoms with Crippen molar-refractivity contribution in [2.75, 3.05) is 14.2 Å². The van der Waals surface area contributed by atoms with Crippen LogP contribution in [-0.4, -0.2) is 47.6 Å². The van der Waals surface area contributed by atoms with Gasteiger partial charge in [-0.1, -0.05) is 0 Å². The number of carboxylic acids is 1. The number of benzene rings is 2. The first kappa shape index (κ1) is 18.0. The second-order valence-electron chi connectivity index (χ2n) is 5.18. The van der Waals surface area contributed by atoms with Crippen LogP contribution in [0.4, 0.5) is 4.39 Å². The summed E-state index contributed by atoms with van der Waals surface area (Å²) < 4.78 is 24.2. The van der Waals surface area contributed by atoms with Gasteiger partial charge in [0.15, 0.2) is 0 Å². The molecule has 0 aromatic heterocycles. The Bertz CT molecular complexity index is 787. The molecule has 0 spiro atoms. The number of aromatic carboxylic acids is 1. The van der Waals surface area contributed by atoms with E-state index in [-0.39, 0.29) is 40.0 Å². The van der Waals surface area contributed by atoms with Crippen LogP contribution in [0.25, 0.3) is 0 Å². The number of carboxylic acid groups (broad SMARTS) is 1. The van der Waals surface area contributed by atoms with Crippen LogP contribution >= 0.6 is 0 Å². The molecule has 24 heavy (non-hydrogen) atoms. The van der Waals surface area contributed by atoms with E-state index in [0.29, 0.717) is 16.9 Å². The number of hydrogen-bond donors (Lipinski definition) is 1. The van der Waals surface area contributed by atoms with Gasteiger partial charge in [0.1, 0.15) is 0 Å². The number of ketones is 1. The zero-order chi connectivity index (χ0) is 17.9. The van der Waals surface area contributed by atoms with Crippen molar-refractivity contribution in [2.24, 2.45) is 0 Å². The first-order valence-electron chi connectivity index (χ1n) is 7.15. The predicted octanol–water partition coefficient (Wildman–Crippen LogP) is 0.957. The van der Waals surface area contributed by atoms with Crippen LogP contribution in [0.5, 0.6) is 11.5 Å². The Morgan fingerprint density at radius 1 is 1.17 bits per heavy atom. The van der Waals surface area contributed by atoms with Crippen molar-refractivity contribution in [3.8, 4) is 11.5 Å². The fourth-order valence-electron chi connectivity index (χ4n) is 2.54. The molecular formula is C17H17FGeO5. The van der Waals surface area contributed by atoms with Gasteiger partial charge in [-0.2, -0.15) is 0 Å². The zero-order valence-corrected chi connectivity index (χ0v) is 17.7. The van der Waals surface area contributed by atoms with E-state index in [1.807, 2.05) is 0 Å². The molecule has 0 saturated heterocycles. The number of carbonyl (C=O) groups excluding carboxylic acids is 1. The third-order valence-electron chi connectivity index (χ3n) is 3.72. The fourth-order valence-corrected chi connectivity index (χ4v) is 4.22. The van der Waals surface area contributed by atoms with Gasteiger partial charge >= 0.3 is 146 Å². The molecule has 0 unspecified atom stereocenters. The molecule has 2 aromatic rings. The summed E-state index contributed by atoms with van der Waals surface area (Å²) in [5.41, 5.74) is 0.583. The van der Waals surface area contributed by atoms with Gasteiger partial charge in [-0.25, -0.2) is 0 Å². The molecule has 0 aliphatic heterocycles. The van der Waals surface area contributed by atoms with E-state index < -0.39 is 11.8 Å². The quantitative estimate of drug-likeness (QED) is 0.585. The number of ether oxygens (including phenoxy) is 2. The summed E-state index contributed by atoms with van der Waals surface area (Å²) in [6, 6.07) is 6.69. The zero-order valence-electron chi connectivity index (χ0n) is 13.6. The second kappa shape index (κ2) is 7.48. The Hall–Kier alpha value is -2.35. The Morgan fingerprint density at radius 3 is 2.29 bits per heavy atom. The minimum absolute atomic E-state index is 0.0307. The van der Waals surface area contributed by atoms with Crippen molar-refractivity contribution >= 4 is 32.7 Å². The van der Waals surface area contributed by atoms with Crippen LogP contribution in [0.15, 0.2) is 30.3 Å². The summed E-state index contributed by atoms with van der Waals surface area (Å²) in [5.74, 6) is -1.17. The third kappa shape index (κ3) is 3.59. The van der Waals surface area contributed by atoms with E-state index in [2.05, 4.69) is 0 Å². The minimum atomic E-state index is -1.16. The fraction of sp³-hybridized carbons (Fsp3) is 0.176. The molecule has 2 rings (SSSR count). The van der Waals surface area contributed by atoms with E-state index in [0.717, 1.165) is 4.40 Å². The van der Waals surface area contributed by atoms with E-state index in [4.69, 9.17) is 9.47 Å². The molecule has 0 amide bonds. The van der Waals surface area contributed by atoms with E-state index in [9.17, 15) is 19.1 Å². The molecule has 126 valence electrons. The Labute approximate surface area is 146 Å². The Morgan fingerprint density at radius 2 is 1.79 bits per heavy atom. The Balaban J connectivity index is 2.50. The standard InChI is InChI=1S/C17H17FGeO5/c1-23-13-8-10(14(17(21)22)16(24-2)15(13)19)7-12(20)9-3-5-11(18)6-4-9/h3-6,8H,7H2,1-2,19H3,(H,21,22). The van der Waals surface area contributed by atoms with Gasteiger partial charge in [-0.05, 0) is 0 Å². The van der Waals surface area contributed by atoms with Gasteiger partial charge in [-0.3, -0.25) is 0 Å². The van der Waals surface area contributed by atoms with Crippen molar-refractivity contribution in [2.45, 2.75) is 6.42 Å². The number of methoxy groups -OCH3 is 2. The normalized spacial score (nSPS) is 10.5. The van der Waals surface area contributed by atoms with Gasteiger partial charge in [0.25, 0.3) is 0 Å². The number of halogens is 1. The molecule has 7 heteroatoms. The summed E-state index contributed by atoms with van der Waals surface area (Å²) in [6.45, 7) is 0. The molecule has 0 bridgehead atoms. The van der Waals surface area contributed by atoms with Gasteiger partial charge in [0, 0.05) is 0 Å². The molecule has 0 saturated carbocycles. The first-order chi connectivity index (χ1) is 11.4. The van der Waals surface area contributed by atoms with Crippen LogP contribution in [0, 0.1) is 5.82 Å². The van der Waals surface area contributed by atoms with E-state index in [1.165, 1.54) is 38.5 Å². The van der Waals surface area contributed by atoms with Crippen LogP contribution in [0.1, 0.15) is 26.3 Å². The Kier molecular flexibility index (Phi) is 5.61. The van der Waals surface area contributed by atoms with Gasteiger partial charge in [-0.15, -0.1) is 0 Å². The molecule has 1 N–H and O–H groups in total. The summed E-state index contributed by atoms with van der Waals surface area (Å²) in [4.78, 5) is 24.1. The molecule has 0 heterocycles. The van der Waals surface area contributed by atoms with Crippen LogP contribution in [-0.2, 0) is 6.42 Å². The summed E-state index contributed by atoms with van der Waals surface area (Å²) >= 11 is 0.118. The molecule has 0 atom stereocenters. The van der Waals surface area contributed by atoms with Crippen LogP contribution in [0.2, 0.25) is 0 Å². The van der Waals surface area contributed by atoms with Crippen molar-refractivity contribution in [1.82, 2.24) is 0 Å². The number of rotatable bonds is 6. The summed E-state index contributed by atoms with van der Waals surface area (Å²) in [6.07, 6.45) is -0.146.